The molecule has 1 aromatic heterocycles. The maximum absolute atomic E-state index is 12.2. The van der Waals surface area contributed by atoms with Gasteiger partial charge in [0.1, 0.15) is 5.82 Å². The van der Waals surface area contributed by atoms with E-state index in [2.05, 4.69) is 28.1 Å². The molecule has 0 aliphatic carbocycles. The zero-order valence-electron chi connectivity index (χ0n) is 13.5. The van der Waals surface area contributed by atoms with Gasteiger partial charge >= 0.3 is 5.97 Å². The van der Waals surface area contributed by atoms with Crippen molar-refractivity contribution >= 4 is 28.2 Å². The normalized spacial score (nSPS) is 13.1. The minimum Gasteiger partial charge on any atom is -0.462 e. The second-order valence-electron chi connectivity index (χ2n) is 5.79. The number of hydrogen-bond donors (Lipinski definition) is 0. The van der Waals surface area contributed by atoms with Crippen LogP contribution in [-0.2, 0) is 11.2 Å². The molecule has 0 bridgehead atoms. The van der Waals surface area contributed by atoms with E-state index in [9.17, 15) is 4.79 Å². The average Bonchev–Trinajstić information content (AvgIpc) is 3.05. The van der Waals surface area contributed by atoms with Crippen LogP contribution in [-0.4, -0.2) is 24.1 Å². The SMILES string of the molecule is CCOC(=O)c1cnc(N2CCc3ccccc32)c2ccccc12. The predicted octanol–water partition coefficient (Wildman–Crippen LogP) is 4.11. The van der Waals surface area contributed by atoms with Gasteiger partial charge in [-0.1, -0.05) is 42.5 Å². The zero-order chi connectivity index (χ0) is 16.5. The Bertz CT molecular complexity index is 920. The van der Waals surface area contributed by atoms with Gasteiger partial charge in [-0.3, -0.25) is 0 Å². The Kier molecular flexibility index (Phi) is 3.65. The molecule has 0 N–H and O–H groups in total. The van der Waals surface area contributed by atoms with Crippen LogP contribution >= 0.6 is 0 Å². The number of anilines is 2. The van der Waals surface area contributed by atoms with Gasteiger partial charge in [-0.15, -0.1) is 0 Å². The van der Waals surface area contributed by atoms with Crippen molar-refractivity contribution in [2.24, 2.45) is 0 Å². The minimum absolute atomic E-state index is 0.324. The molecule has 24 heavy (non-hydrogen) atoms. The first-order valence-corrected chi connectivity index (χ1v) is 8.20. The number of pyridine rings is 1. The number of aromatic nitrogens is 1. The number of rotatable bonds is 3. The lowest BCUT2D eigenvalue weighted by Crippen LogP contribution is -2.16. The summed E-state index contributed by atoms with van der Waals surface area (Å²) in [4.78, 5) is 19.1. The molecular weight excluding hydrogens is 300 g/mol. The smallest absolute Gasteiger partial charge is 0.340 e. The lowest BCUT2D eigenvalue weighted by molar-refractivity contribution is 0.0528. The summed E-state index contributed by atoms with van der Waals surface area (Å²) in [6, 6.07) is 16.3. The highest BCUT2D eigenvalue weighted by molar-refractivity contribution is 6.07. The van der Waals surface area contributed by atoms with Crippen molar-refractivity contribution in [2.75, 3.05) is 18.1 Å². The van der Waals surface area contributed by atoms with E-state index in [1.807, 2.05) is 37.3 Å². The summed E-state index contributed by atoms with van der Waals surface area (Å²) in [6.45, 7) is 3.06. The van der Waals surface area contributed by atoms with Crippen molar-refractivity contribution in [3.63, 3.8) is 0 Å². The molecule has 2 heterocycles. The quantitative estimate of drug-likeness (QED) is 0.682. The number of para-hydroxylation sites is 1. The number of benzene rings is 2. The maximum atomic E-state index is 12.2. The van der Waals surface area contributed by atoms with Gasteiger partial charge in [-0.25, -0.2) is 9.78 Å². The number of fused-ring (bicyclic) bond motifs is 2. The van der Waals surface area contributed by atoms with E-state index in [0.717, 1.165) is 29.6 Å². The summed E-state index contributed by atoms with van der Waals surface area (Å²) in [7, 11) is 0. The third kappa shape index (κ3) is 2.31. The minimum atomic E-state index is -0.324. The molecule has 4 heteroatoms. The second-order valence-corrected chi connectivity index (χ2v) is 5.79. The average molecular weight is 318 g/mol. The van der Waals surface area contributed by atoms with Crippen LogP contribution < -0.4 is 4.90 Å². The fraction of sp³-hybridized carbons (Fsp3) is 0.200. The lowest BCUT2D eigenvalue weighted by Gasteiger charge is -2.21. The van der Waals surface area contributed by atoms with Crippen molar-refractivity contribution < 1.29 is 9.53 Å². The highest BCUT2D eigenvalue weighted by atomic mass is 16.5. The first-order chi connectivity index (χ1) is 11.8. The molecule has 0 fully saturated rings. The van der Waals surface area contributed by atoms with Gasteiger partial charge in [0.25, 0.3) is 0 Å². The van der Waals surface area contributed by atoms with Crippen LogP contribution in [0.1, 0.15) is 22.8 Å². The summed E-state index contributed by atoms with van der Waals surface area (Å²) in [5, 5.41) is 1.85. The molecule has 2 aromatic carbocycles. The Morgan fingerprint density at radius 1 is 1.12 bits per heavy atom. The summed E-state index contributed by atoms with van der Waals surface area (Å²) in [5.74, 6) is 0.568. The molecule has 0 saturated carbocycles. The van der Waals surface area contributed by atoms with Crippen molar-refractivity contribution in [3.05, 3.63) is 65.9 Å². The lowest BCUT2D eigenvalue weighted by atomic mass is 10.1. The molecule has 0 radical (unpaired) electrons. The van der Waals surface area contributed by atoms with Gasteiger partial charge in [-0.2, -0.15) is 0 Å². The third-order valence-electron chi connectivity index (χ3n) is 4.41. The Hall–Kier alpha value is -2.88. The van der Waals surface area contributed by atoms with E-state index in [1.54, 1.807) is 6.20 Å². The molecule has 0 unspecified atom stereocenters. The highest BCUT2D eigenvalue weighted by Gasteiger charge is 2.24. The molecule has 1 aliphatic rings. The molecule has 4 nitrogen and oxygen atoms in total. The van der Waals surface area contributed by atoms with Crippen molar-refractivity contribution in [1.29, 1.82) is 0 Å². The highest BCUT2D eigenvalue weighted by Crippen LogP contribution is 2.37. The van der Waals surface area contributed by atoms with Crippen LogP contribution in [0, 0.1) is 0 Å². The predicted molar refractivity (Wildman–Crippen MR) is 94.9 cm³/mol. The fourth-order valence-electron chi connectivity index (χ4n) is 3.32. The molecule has 0 saturated heterocycles. The van der Waals surface area contributed by atoms with Crippen LogP contribution in [0.15, 0.2) is 54.7 Å². The van der Waals surface area contributed by atoms with E-state index < -0.39 is 0 Å². The molecule has 4 rings (SSSR count). The topological polar surface area (TPSA) is 42.4 Å². The molecule has 1 aliphatic heterocycles. The monoisotopic (exact) mass is 318 g/mol. The van der Waals surface area contributed by atoms with Gasteiger partial charge < -0.3 is 9.64 Å². The van der Waals surface area contributed by atoms with E-state index >= 15 is 0 Å². The molecule has 0 amide bonds. The van der Waals surface area contributed by atoms with Crippen LogP contribution in [0.5, 0.6) is 0 Å². The summed E-state index contributed by atoms with van der Waals surface area (Å²) < 4.78 is 5.17. The van der Waals surface area contributed by atoms with Crippen LogP contribution in [0.4, 0.5) is 11.5 Å². The van der Waals surface area contributed by atoms with Gasteiger partial charge in [0.15, 0.2) is 0 Å². The molecule has 0 spiro atoms. The Balaban J connectivity index is 1.87. The van der Waals surface area contributed by atoms with Crippen molar-refractivity contribution in [3.8, 4) is 0 Å². The maximum Gasteiger partial charge on any atom is 0.340 e. The largest absolute Gasteiger partial charge is 0.462 e. The number of carbonyl (C=O) groups is 1. The number of hydrogen-bond acceptors (Lipinski definition) is 4. The number of carbonyl (C=O) groups excluding carboxylic acids is 1. The second kappa shape index (κ2) is 5.96. The van der Waals surface area contributed by atoms with E-state index in [4.69, 9.17) is 4.74 Å². The first-order valence-electron chi connectivity index (χ1n) is 8.20. The van der Waals surface area contributed by atoms with Gasteiger partial charge in [0.05, 0.1) is 12.2 Å². The van der Waals surface area contributed by atoms with Gasteiger partial charge in [0, 0.05) is 29.2 Å². The number of esters is 1. The van der Waals surface area contributed by atoms with Crippen LogP contribution in [0.25, 0.3) is 10.8 Å². The van der Waals surface area contributed by atoms with Crippen molar-refractivity contribution in [1.82, 2.24) is 4.98 Å². The zero-order valence-corrected chi connectivity index (χ0v) is 13.5. The molecular formula is C20H18N2O2. The van der Waals surface area contributed by atoms with E-state index in [1.165, 1.54) is 11.3 Å². The fourth-order valence-corrected chi connectivity index (χ4v) is 3.32. The first kappa shape index (κ1) is 14.7. The number of ether oxygens (including phenoxy) is 1. The van der Waals surface area contributed by atoms with Gasteiger partial charge in [-0.05, 0) is 25.0 Å². The Labute approximate surface area is 140 Å². The summed E-state index contributed by atoms with van der Waals surface area (Å²) >= 11 is 0. The number of nitrogens with zero attached hydrogens (tertiary/aromatic N) is 2. The van der Waals surface area contributed by atoms with E-state index in [-0.39, 0.29) is 5.97 Å². The third-order valence-corrected chi connectivity index (χ3v) is 4.41. The van der Waals surface area contributed by atoms with Gasteiger partial charge in [0.2, 0.25) is 0 Å². The van der Waals surface area contributed by atoms with Crippen LogP contribution in [0.2, 0.25) is 0 Å². The van der Waals surface area contributed by atoms with Crippen LogP contribution in [0.3, 0.4) is 0 Å². The van der Waals surface area contributed by atoms with E-state index in [0.29, 0.717) is 12.2 Å². The van der Waals surface area contributed by atoms with Crippen molar-refractivity contribution in [2.45, 2.75) is 13.3 Å². The summed E-state index contributed by atoms with van der Waals surface area (Å²) in [5.41, 5.74) is 3.04. The standard InChI is InChI=1S/C20H18N2O2/c1-2-24-20(23)17-13-21-19(16-9-5-4-8-15(16)17)22-12-11-14-7-3-6-10-18(14)22/h3-10,13H,2,11-12H2,1H3. The molecule has 3 aromatic rings. The molecule has 120 valence electrons. The summed E-state index contributed by atoms with van der Waals surface area (Å²) in [6.07, 6.45) is 2.64. The Morgan fingerprint density at radius 3 is 2.71 bits per heavy atom. The molecule has 0 atom stereocenters. The Morgan fingerprint density at radius 2 is 1.88 bits per heavy atom.